The number of benzene rings is 1. The van der Waals surface area contributed by atoms with Crippen molar-refractivity contribution in [1.82, 2.24) is 14.1 Å². The summed E-state index contributed by atoms with van der Waals surface area (Å²) in [5.74, 6) is -0.164. The van der Waals surface area contributed by atoms with Crippen LogP contribution in [0.1, 0.15) is 16.1 Å². The summed E-state index contributed by atoms with van der Waals surface area (Å²) in [7, 11) is 1.77. The number of thiol groups is 1. The number of fused-ring (bicyclic) bond motifs is 1. The predicted molar refractivity (Wildman–Crippen MR) is 116 cm³/mol. The van der Waals surface area contributed by atoms with Crippen LogP contribution in [0.5, 0.6) is 0 Å². The molecule has 2 amide bonds. The lowest BCUT2D eigenvalue weighted by atomic mass is 10.1. The number of H-pyrrole nitrogens is 1. The maximum Gasteiger partial charge on any atom is 0.277 e. The number of hydrogen-bond acceptors (Lipinski definition) is 6. The van der Waals surface area contributed by atoms with Gasteiger partial charge in [0, 0.05) is 44.1 Å². The molecule has 2 aromatic rings. The normalized spacial score (nSPS) is 16.7. The van der Waals surface area contributed by atoms with Gasteiger partial charge in [0.2, 0.25) is 5.91 Å². The van der Waals surface area contributed by atoms with Crippen LogP contribution in [0.3, 0.4) is 0 Å². The summed E-state index contributed by atoms with van der Waals surface area (Å²) < 4.78 is 7.12. The minimum Gasteiger partial charge on any atom is -0.379 e. The van der Waals surface area contributed by atoms with E-state index >= 15 is 0 Å². The van der Waals surface area contributed by atoms with Crippen molar-refractivity contribution < 1.29 is 14.3 Å². The third-order valence-electron chi connectivity index (χ3n) is 5.36. The first-order valence-corrected chi connectivity index (χ1v) is 10.3. The summed E-state index contributed by atoms with van der Waals surface area (Å²) in [6, 6.07) is 7.42. The number of aromatic nitrogens is 2. The molecule has 10 heteroatoms. The highest BCUT2D eigenvalue weighted by molar-refractivity contribution is 7.78. The van der Waals surface area contributed by atoms with Crippen molar-refractivity contribution in [1.29, 1.82) is 0 Å². The molecule has 1 aromatic carbocycles. The van der Waals surface area contributed by atoms with E-state index in [1.807, 2.05) is 18.2 Å². The Morgan fingerprint density at radius 3 is 2.69 bits per heavy atom. The summed E-state index contributed by atoms with van der Waals surface area (Å²) >= 11 is 9.34. The highest BCUT2D eigenvalue weighted by Gasteiger charge is 2.28. The third kappa shape index (κ3) is 4.11. The Bertz CT molecular complexity index is 996. The first-order chi connectivity index (χ1) is 13.9. The van der Waals surface area contributed by atoms with E-state index in [1.165, 1.54) is 4.09 Å². The highest BCUT2D eigenvalue weighted by Crippen LogP contribution is 2.33. The fourth-order valence-electron chi connectivity index (χ4n) is 3.66. The van der Waals surface area contributed by atoms with Gasteiger partial charge >= 0.3 is 0 Å². The fraction of sp³-hybridized carbons (Fsp3) is 0.421. The van der Waals surface area contributed by atoms with Gasteiger partial charge in [-0.05, 0) is 36.9 Å². The van der Waals surface area contributed by atoms with Gasteiger partial charge in [0.1, 0.15) is 10.3 Å². The Kier molecular flexibility index (Phi) is 5.77. The number of ether oxygens (including phenoxy) is 1. The van der Waals surface area contributed by atoms with Gasteiger partial charge in [0.05, 0.1) is 19.8 Å². The van der Waals surface area contributed by atoms with E-state index in [9.17, 15) is 9.59 Å². The van der Waals surface area contributed by atoms with Crippen molar-refractivity contribution in [2.24, 2.45) is 0 Å². The molecular weight excluding hydrogens is 410 g/mol. The van der Waals surface area contributed by atoms with Gasteiger partial charge in [0.25, 0.3) is 5.91 Å². The van der Waals surface area contributed by atoms with E-state index in [2.05, 4.69) is 22.8 Å². The summed E-state index contributed by atoms with van der Waals surface area (Å²) in [5, 5.41) is 2.80. The first kappa shape index (κ1) is 20.1. The molecule has 0 bridgehead atoms. The molecule has 1 aromatic heterocycles. The number of carbonyl (C=O) groups excluding carboxylic acids is 2. The van der Waals surface area contributed by atoms with Crippen molar-refractivity contribution in [3.63, 3.8) is 0 Å². The SMILES string of the molecule is CN(C(=O)CN1CCOCC1)c1ccc2c(c1)N(C(=O)c1cc(=S)[nH]n1S)CC2. The van der Waals surface area contributed by atoms with Gasteiger partial charge in [-0.1, -0.05) is 18.3 Å². The number of likely N-dealkylation sites (N-methyl/N-ethyl adjacent to an activating group) is 1. The Morgan fingerprint density at radius 2 is 2.00 bits per heavy atom. The predicted octanol–water partition coefficient (Wildman–Crippen LogP) is 1.74. The molecule has 29 heavy (non-hydrogen) atoms. The molecular formula is C19H23N5O3S2. The molecule has 0 spiro atoms. The third-order valence-corrected chi connectivity index (χ3v) is 5.89. The number of morpholine rings is 1. The summed E-state index contributed by atoms with van der Waals surface area (Å²) in [4.78, 5) is 31.2. The van der Waals surface area contributed by atoms with E-state index in [1.54, 1.807) is 22.9 Å². The summed E-state index contributed by atoms with van der Waals surface area (Å²) in [5.41, 5.74) is 3.04. The Labute approximate surface area is 179 Å². The van der Waals surface area contributed by atoms with Gasteiger partial charge in [-0.25, -0.2) is 4.09 Å². The average Bonchev–Trinajstić information content (AvgIpc) is 3.29. The van der Waals surface area contributed by atoms with Crippen LogP contribution in [0, 0.1) is 4.64 Å². The maximum atomic E-state index is 13.0. The second-order valence-electron chi connectivity index (χ2n) is 7.18. The molecule has 0 unspecified atom stereocenters. The highest BCUT2D eigenvalue weighted by atomic mass is 32.1. The second-order valence-corrected chi connectivity index (χ2v) is 8.02. The number of rotatable bonds is 4. The van der Waals surface area contributed by atoms with Crippen molar-refractivity contribution in [3.05, 3.63) is 40.2 Å². The van der Waals surface area contributed by atoms with Crippen LogP contribution in [0.15, 0.2) is 24.3 Å². The Balaban J connectivity index is 1.53. The molecule has 4 rings (SSSR count). The van der Waals surface area contributed by atoms with E-state index in [0.717, 1.165) is 36.4 Å². The van der Waals surface area contributed by atoms with Gasteiger partial charge in [-0.3, -0.25) is 19.6 Å². The second kappa shape index (κ2) is 8.31. The van der Waals surface area contributed by atoms with Gasteiger partial charge in [-0.15, -0.1) is 0 Å². The van der Waals surface area contributed by atoms with E-state index in [-0.39, 0.29) is 11.8 Å². The van der Waals surface area contributed by atoms with Crippen LogP contribution in [-0.2, 0) is 16.0 Å². The van der Waals surface area contributed by atoms with Crippen LogP contribution in [-0.4, -0.2) is 72.3 Å². The lowest BCUT2D eigenvalue weighted by molar-refractivity contribution is -0.120. The number of anilines is 2. The van der Waals surface area contributed by atoms with Crippen molar-refractivity contribution >= 4 is 48.2 Å². The molecule has 0 aliphatic carbocycles. The van der Waals surface area contributed by atoms with E-state index < -0.39 is 0 Å². The van der Waals surface area contributed by atoms with Crippen molar-refractivity contribution in [3.8, 4) is 0 Å². The number of aromatic amines is 1. The molecule has 1 fully saturated rings. The number of amides is 2. The van der Waals surface area contributed by atoms with Gasteiger partial charge in [-0.2, -0.15) is 0 Å². The standard InChI is InChI=1S/C19H23N5O3S2/c1-21(18(25)12-22-6-8-27-9-7-22)14-3-2-13-4-5-23(15(13)10-14)19(26)16-11-17(28)20-24(16)29/h2-3,10-11,29H,4-9,12H2,1H3,(H,20,28). The van der Waals surface area contributed by atoms with Crippen molar-refractivity contribution in [2.75, 3.05) is 56.2 Å². The molecule has 0 saturated carbocycles. The lowest BCUT2D eigenvalue weighted by Gasteiger charge is -2.28. The molecule has 0 atom stereocenters. The zero-order valence-electron chi connectivity index (χ0n) is 16.1. The first-order valence-electron chi connectivity index (χ1n) is 9.47. The summed E-state index contributed by atoms with van der Waals surface area (Å²) in [6.07, 6.45) is 0.768. The average molecular weight is 434 g/mol. The van der Waals surface area contributed by atoms with Crippen molar-refractivity contribution in [2.45, 2.75) is 6.42 Å². The molecule has 1 N–H and O–H groups in total. The number of nitrogens with zero attached hydrogens (tertiary/aromatic N) is 4. The quantitative estimate of drug-likeness (QED) is 0.568. The minimum absolute atomic E-state index is 0.0114. The minimum atomic E-state index is -0.175. The monoisotopic (exact) mass is 433 g/mol. The molecule has 8 nitrogen and oxygen atoms in total. The van der Waals surface area contributed by atoms with Gasteiger partial charge in [0.15, 0.2) is 0 Å². The fourth-order valence-corrected chi connectivity index (χ4v) is 4.18. The molecule has 2 aliphatic heterocycles. The maximum absolute atomic E-state index is 13.0. The van der Waals surface area contributed by atoms with Gasteiger partial charge < -0.3 is 14.5 Å². The Hall–Kier alpha value is -2.14. The van der Waals surface area contributed by atoms with E-state index in [4.69, 9.17) is 17.0 Å². The molecule has 2 aliphatic rings. The Morgan fingerprint density at radius 1 is 1.24 bits per heavy atom. The zero-order valence-corrected chi connectivity index (χ0v) is 17.8. The van der Waals surface area contributed by atoms with Crippen LogP contribution < -0.4 is 9.80 Å². The number of carbonyl (C=O) groups is 2. The molecule has 154 valence electrons. The zero-order chi connectivity index (χ0) is 20.5. The topological polar surface area (TPSA) is 73.8 Å². The smallest absolute Gasteiger partial charge is 0.277 e. The lowest BCUT2D eigenvalue weighted by Crippen LogP contribution is -2.43. The number of nitrogens with one attached hydrogen (secondary N) is 1. The van der Waals surface area contributed by atoms with E-state index in [0.29, 0.717) is 36.6 Å². The largest absolute Gasteiger partial charge is 0.379 e. The molecule has 0 radical (unpaired) electrons. The van der Waals surface area contributed by atoms with Crippen LogP contribution in [0.25, 0.3) is 0 Å². The summed E-state index contributed by atoms with van der Waals surface area (Å²) in [6.45, 7) is 3.76. The molecule has 1 saturated heterocycles. The van der Waals surface area contributed by atoms with Crippen LogP contribution in [0.2, 0.25) is 0 Å². The van der Waals surface area contributed by atoms with Crippen LogP contribution in [0.4, 0.5) is 11.4 Å². The molecule has 3 heterocycles. The van der Waals surface area contributed by atoms with Crippen LogP contribution >= 0.6 is 25.0 Å². The number of hydrogen-bond donors (Lipinski definition) is 2.